The lowest BCUT2D eigenvalue weighted by Gasteiger charge is -1.90. The third-order valence-electron chi connectivity index (χ3n) is 6.59. The third-order valence-corrected chi connectivity index (χ3v) is 6.59. The van der Waals surface area contributed by atoms with E-state index in [-0.39, 0.29) is 0 Å². The number of nitrogens with zero attached hydrogens (tertiary/aromatic N) is 5. The molecule has 7 nitrogen and oxygen atoms in total. The van der Waals surface area contributed by atoms with E-state index in [1.807, 2.05) is 87.9 Å². The monoisotopic (exact) mass is 635 g/mol. The average Bonchev–Trinajstić information content (AvgIpc) is 3.77. The number of H-pyrrole nitrogens is 2. The van der Waals surface area contributed by atoms with Crippen molar-refractivity contribution >= 4 is 21.8 Å². The average molecular weight is 636 g/mol. The van der Waals surface area contributed by atoms with Gasteiger partial charge in [0.2, 0.25) is 0 Å². The molecule has 0 spiro atoms. The molecule has 8 rings (SSSR count). The van der Waals surface area contributed by atoms with Gasteiger partial charge in [-0.2, -0.15) is 5.10 Å². The summed E-state index contributed by atoms with van der Waals surface area (Å²) in [5, 5.41) is 9.29. The Morgan fingerprint density at radius 3 is 1.52 bits per heavy atom. The fraction of sp³-hybridized carbons (Fsp3) is 0.146. The van der Waals surface area contributed by atoms with Gasteiger partial charge in [-0.3, -0.25) is 15.1 Å². The highest BCUT2D eigenvalue weighted by atomic mass is 15.1. The Bertz CT molecular complexity index is 1750. The summed E-state index contributed by atoms with van der Waals surface area (Å²) in [7, 11) is 0. The zero-order valence-electron chi connectivity index (χ0n) is 28.7. The van der Waals surface area contributed by atoms with Gasteiger partial charge in [-0.05, 0) is 112 Å². The first-order valence-corrected chi connectivity index (χ1v) is 15.7. The Kier molecular flexibility index (Phi) is 15.9. The lowest BCUT2D eigenvalue weighted by atomic mass is 10.2. The molecule has 7 heteroatoms. The van der Waals surface area contributed by atoms with Crippen LogP contribution < -0.4 is 0 Å². The van der Waals surface area contributed by atoms with Crippen molar-refractivity contribution in [3.05, 3.63) is 186 Å². The molecule has 0 bridgehead atoms. The first-order chi connectivity index (χ1) is 23.3. The van der Waals surface area contributed by atoms with Gasteiger partial charge in [0.1, 0.15) is 6.33 Å². The summed E-state index contributed by atoms with van der Waals surface area (Å²) >= 11 is 0. The summed E-state index contributed by atoms with van der Waals surface area (Å²) < 4.78 is 0. The minimum atomic E-state index is 1.10. The molecule has 0 saturated carbocycles. The van der Waals surface area contributed by atoms with Crippen LogP contribution in [0.3, 0.4) is 0 Å². The quantitative estimate of drug-likeness (QED) is 0.173. The van der Waals surface area contributed by atoms with Gasteiger partial charge in [0.25, 0.3) is 0 Å². The van der Waals surface area contributed by atoms with Crippen LogP contribution in [0.4, 0.5) is 0 Å². The maximum absolute atomic E-state index is 3.92. The fourth-order valence-electron chi connectivity index (χ4n) is 4.02. The molecule has 0 aliphatic carbocycles. The van der Waals surface area contributed by atoms with Gasteiger partial charge in [-0.15, -0.1) is 0 Å². The number of aryl methyl sites for hydroxylation is 6. The Balaban J connectivity index is 0.000000158. The molecule has 0 atom stereocenters. The van der Waals surface area contributed by atoms with Gasteiger partial charge in [-0.1, -0.05) is 65.2 Å². The van der Waals surface area contributed by atoms with Crippen LogP contribution >= 0.6 is 0 Å². The largest absolute Gasteiger partial charge is 0.361 e. The molecule has 2 N–H and O–H groups in total. The van der Waals surface area contributed by atoms with Gasteiger partial charge in [-0.25, -0.2) is 9.97 Å². The topological polar surface area (TPSA) is 96.0 Å². The van der Waals surface area contributed by atoms with E-state index in [4.69, 9.17) is 0 Å². The van der Waals surface area contributed by atoms with Crippen LogP contribution in [0.15, 0.2) is 153 Å². The van der Waals surface area contributed by atoms with E-state index in [9.17, 15) is 0 Å². The predicted octanol–water partition coefficient (Wildman–Crippen LogP) is 9.91. The van der Waals surface area contributed by atoms with E-state index in [0.29, 0.717) is 0 Å². The molecule has 5 heterocycles. The van der Waals surface area contributed by atoms with Gasteiger partial charge in [0.15, 0.2) is 0 Å². The number of pyridine rings is 2. The fourth-order valence-corrected chi connectivity index (χ4v) is 4.02. The number of fused-ring (bicyclic) bond motifs is 2. The highest BCUT2D eigenvalue weighted by Crippen LogP contribution is 2.13. The van der Waals surface area contributed by atoms with E-state index >= 15 is 0 Å². The lowest BCUT2D eigenvalue weighted by Crippen LogP contribution is -1.75. The van der Waals surface area contributed by atoms with Crippen molar-refractivity contribution in [3.63, 3.8) is 0 Å². The molecular weight excluding hydrogens is 591 g/mol. The van der Waals surface area contributed by atoms with Crippen LogP contribution in [0.2, 0.25) is 0 Å². The summed E-state index contributed by atoms with van der Waals surface area (Å²) in [5.41, 5.74) is 9.79. The smallest absolute Gasteiger partial charge is 0.115 e. The third kappa shape index (κ3) is 14.9. The Morgan fingerprint density at radius 2 is 1.02 bits per heavy atom. The number of hydrogen-bond donors (Lipinski definition) is 2. The molecule has 8 aromatic rings. The first kappa shape index (κ1) is 36.5. The highest BCUT2D eigenvalue weighted by Gasteiger charge is 1.92. The number of benzene rings is 3. The number of nitrogens with one attached hydrogen (secondary N) is 2. The summed E-state index contributed by atoms with van der Waals surface area (Å²) in [6.07, 6.45) is 16.0. The predicted molar refractivity (Wildman–Crippen MR) is 200 cm³/mol. The minimum Gasteiger partial charge on any atom is -0.361 e. The minimum absolute atomic E-state index is 1.10. The maximum Gasteiger partial charge on any atom is 0.115 e. The van der Waals surface area contributed by atoms with E-state index in [1.165, 1.54) is 50.4 Å². The second kappa shape index (κ2) is 21.0. The standard InChI is InChI=1S/C9H9N.C8H8N2.C7H8.2C6H7N.C5H6N2/c1-7-2-3-9-8(6-7)4-5-10-9;1-6-2-3-8-7(4-6)5-9-10-8;1-7-5-3-2-4-6-7;1-6-2-4-7-5-3-6;1-6-3-2-4-7-5-6;1-5-2-6-4-7-3-5/h2-6,10H,1H3;2-5H,1H3,(H,9,10);2-6H,1H3;2*2-5H,1H3;2-4H,1H3. The summed E-state index contributed by atoms with van der Waals surface area (Å²) in [6.45, 7) is 12.3. The van der Waals surface area contributed by atoms with Crippen molar-refractivity contribution in [2.75, 3.05) is 0 Å². The van der Waals surface area contributed by atoms with Crippen LogP contribution in [0, 0.1) is 41.5 Å². The molecule has 48 heavy (non-hydrogen) atoms. The molecular formula is C41H45N7. The Morgan fingerprint density at radius 1 is 0.417 bits per heavy atom. The summed E-state index contributed by atoms with van der Waals surface area (Å²) in [4.78, 5) is 18.4. The Labute approximate surface area is 284 Å². The van der Waals surface area contributed by atoms with Crippen LogP contribution in [-0.2, 0) is 0 Å². The maximum atomic E-state index is 3.92. The zero-order chi connectivity index (χ0) is 34.4. The van der Waals surface area contributed by atoms with Gasteiger partial charge >= 0.3 is 0 Å². The van der Waals surface area contributed by atoms with Crippen molar-refractivity contribution in [2.24, 2.45) is 0 Å². The summed E-state index contributed by atoms with van der Waals surface area (Å²) in [5.74, 6) is 0. The van der Waals surface area contributed by atoms with Gasteiger partial charge in [0.05, 0.1) is 11.7 Å². The highest BCUT2D eigenvalue weighted by molar-refractivity contribution is 5.80. The second-order valence-corrected chi connectivity index (χ2v) is 11.2. The number of hydrogen-bond acceptors (Lipinski definition) is 5. The number of aromatic nitrogens is 7. The van der Waals surface area contributed by atoms with Crippen molar-refractivity contribution in [1.82, 2.24) is 35.1 Å². The normalized spacial score (nSPS) is 9.46. The second-order valence-electron chi connectivity index (χ2n) is 11.2. The van der Waals surface area contributed by atoms with Gasteiger partial charge < -0.3 is 4.98 Å². The SMILES string of the molecule is Cc1ccc2[nH]ccc2c1.Cc1ccc2[nH]ncc2c1.Cc1ccccc1.Cc1cccnc1.Cc1ccncc1.Cc1cncnc1. The molecule has 244 valence electrons. The molecule has 0 fully saturated rings. The molecule has 0 aliphatic heterocycles. The van der Waals surface area contributed by atoms with Crippen LogP contribution in [0.25, 0.3) is 21.8 Å². The van der Waals surface area contributed by atoms with Gasteiger partial charge in [0, 0.05) is 54.3 Å². The lowest BCUT2D eigenvalue weighted by molar-refractivity contribution is 1.12. The molecule has 5 aromatic heterocycles. The van der Waals surface area contributed by atoms with E-state index < -0.39 is 0 Å². The van der Waals surface area contributed by atoms with E-state index in [0.717, 1.165) is 11.1 Å². The van der Waals surface area contributed by atoms with E-state index in [1.54, 1.807) is 31.0 Å². The molecule has 0 radical (unpaired) electrons. The molecule has 3 aromatic carbocycles. The van der Waals surface area contributed by atoms with Crippen molar-refractivity contribution in [1.29, 1.82) is 0 Å². The van der Waals surface area contributed by atoms with Crippen molar-refractivity contribution in [3.8, 4) is 0 Å². The first-order valence-electron chi connectivity index (χ1n) is 15.7. The number of rotatable bonds is 0. The molecule has 0 amide bonds. The molecule has 0 unspecified atom stereocenters. The Hall–Kier alpha value is -5.95. The van der Waals surface area contributed by atoms with Crippen molar-refractivity contribution < 1.29 is 0 Å². The van der Waals surface area contributed by atoms with Crippen molar-refractivity contribution in [2.45, 2.75) is 41.5 Å². The zero-order valence-corrected chi connectivity index (χ0v) is 28.7. The molecule has 0 aliphatic rings. The van der Waals surface area contributed by atoms with Crippen LogP contribution in [0.5, 0.6) is 0 Å². The van der Waals surface area contributed by atoms with Crippen LogP contribution in [-0.4, -0.2) is 35.1 Å². The van der Waals surface area contributed by atoms with Crippen LogP contribution in [0.1, 0.15) is 33.4 Å². The number of aromatic amines is 2. The van der Waals surface area contributed by atoms with E-state index in [2.05, 4.69) is 104 Å². The summed E-state index contributed by atoms with van der Waals surface area (Å²) in [6, 6.07) is 32.8. The molecule has 0 saturated heterocycles.